The van der Waals surface area contributed by atoms with Crippen molar-refractivity contribution in [2.75, 3.05) is 18.4 Å². The average molecular weight is 445 g/mol. The maximum atomic E-state index is 14.5. The number of hydrogen-bond acceptors (Lipinski definition) is 5. The second kappa shape index (κ2) is 9.60. The second-order valence-corrected chi connectivity index (χ2v) is 8.30. The molecule has 3 aromatic heterocycles. The van der Waals surface area contributed by atoms with E-state index >= 15 is 0 Å². The summed E-state index contributed by atoms with van der Waals surface area (Å²) in [6.45, 7) is 3.29. The quantitative estimate of drug-likeness (QED) is 0.546. The van der Waals surface area contributed by atoms with Gasteiger partial charge in [-0.25, -0.2) is 19.3 Å². The predicted molar refractivity (Wildman–Crippen MR) is 119 cm³/mol. The van der Waals surface area contributed by atoms with Gasteiger partial charge >= 0.3 is 0 Å². The lowest BCUT2D eigenvalue weighted by Gasteiger charge is -2.36. The molecule has 4 rings (SSSR count). The summed E-state index contributed by atoms with van der Waals surface area (Å²) in [4.78, 5) is 30.4. The molecule has 1 saturated heterocycles. The molecule has 7 nitrogen and oxygen atoms in total. The smallest absolute Gasteiger partial charge is 0.222 e. The average Bonchev–Trinajstić information content (AvgIpc) is 3.20. The Morgan fingerprint density at radius 2 is 2.23 bits per heavy atom. The summed E-state index contributed by atoms with van der Waals surface area (Å²) in [5.74, 6) is 0.152. The van der Waals surface area contributed by atoms with E-state index in [1.54, 1.807) is 18.5 Å². The van der Waals surface area contributed by atoms with E-state index in [9.17, 15) is 9.18 Å². The number of amides is 1. The van der Waals surface area contributed by atoms with Crippen LogP contribution in [0.1, 0.15) is 45.4 Å². The molecule has 0 radical (unpaired) electrons. The SMILES string of the molecule is CCCCC(=O)N1CCCC[C@@H]1CNc1nc(-c2c[nH]c3ncc(Cl)cc23)ncc1F. The molecule has 1 atom stereocenters. The Hall–Kier alpha value is -2.74. The number of hydrogen-bond donors (Lipinski definition) is 2. The molecule has 4 heterocycles. The van der Waals surface area contributed by atoms with E-state index in [4.69, 9.17) is 11.6 Å². The summed E-state index contributed by atoms with van der Waals surface area (Å²) < 4.78 is 14.5. The molecule has 1 amide bonds. The van der Waals surface area contributed by atoms with Crippen LogP contribution in [0.2, 0.25) is 5.02 Å². The van der Waals surface area contributed by atoms with E-state index in [-0.39, 0.29) is 17.8 Å². The zero-order valence-corrected chi connectivity index (χ0v) is 18.3. The molecule has 0 unspecified atom stereocenters. The lowest BCUT2D eigenvalue weighted by Crippen LogP contribution is -2.47. The van der Waals surface area contributed by atoms with Crippen LogP contribution in [0.3, 0.4) is 0 Å². The van der Waals surface area contributed by atoms with Crippen LogP contribution in [-0.2, 0) is 4.79 Å². The molecule has 0 aliphatic carbocycles. The first-order valence-electron chi connectivity index (χ1n) is 10.8. The Balaban J connectivity index is 1.52. The Kier molecular flexibility index (Phi) is 6.65. The first-order valence-corrected chi connectivity index (χ1v) is 11.1. The van der Waals surface area contributed by atoms with Gasteiger partial charge in [-0.2, -0.15) is 0 Å². The molecule has 0 aromatic carbocycles. The molecule has 0 spiro atoms. The summed E-state index contributed by atoms with van der Waals surface area (Å²) >= 11 is 6.08. The maximum absolute atomic E-state index is 14.5. The van der Waals surface area contributed by atoms with Crippen molar-refractivity contribution < 1.29 is 9.18 Å². The minimum atomic E-state index is -0.528. The molecule has 9 heteroatoms. The number of likely N-dealkylation sites (tertiary alicyclic amines) is 1. The van der Waals surface area contributed by atoms with Gasteiger partial charge in [0.25, 0.3) is 0 Å². The molecule has 0 saturated carbocycles. The summed E-state index contributed by atoms with van der Waals surface area (Å²) in [6.07, 6.45) is 9.87. The highest BCUT2D eigenvalue weighted by molar-refractivity contribution is 6.31. The van der Waals surface area contributed by atoms with Gasteiger partial charge in [-0.05, 0) is 31.7 Å². The third-order valence-electron chi connectivity index (χ3n) is 5.68. The fraction of sp³-hybridized carbons (Fsp3) is 0.455. The van der Waals surface area contributed by atoms with Crippen LogP contribution in [0.5, 0.6) is 0 Å². The number of nitrogens with one attached hydrogen (secondary N) is 2. The van der Waals surface area contributed by atoms with Gasteiger partial charge in [0.15, 0.2) is 17.5 Å². The first-order chi connectivity index (χ1) is 15.1. The van der Waals surface area contributed by atoms with Gasteiger partial charge in [0.1, 0.15) is 5.65 Å². The Bertz CT molecular complexity index is 1070. The van der Waals surface area contributed by atoms with E-state index in [1.807, 2.05) is 4.90 Å². The minimum absolute atomic E-state index is 0.0343. The van der Waals surface area contributed by atoms with Crippen LogP contribution < -0.4 is 5.32 Å². The number of rotatable bonds is 7. The van der Waals surface area contributed by atoms with Gasteiger partial charge in [-0.15, -0.1) is 0 Å². The van der Waals surface area contributed by atoms with Crippen molar-refractivity contribution in [3.63, 3.8) is 0 Å². The number of carbonyl (C=O) groups excluding carboxylic acids is 1. The fourth-order valence-corrected chi connectivity index (χ4v) is 4.17. The molecule has 1 aliphatic heterocycles. The van der Waals surface area contributed by atoms with Crippen molar-refractivity contribution in [2.45, 2.75) is 51.5 Å². The predicted octanol–water partition coefficient (Wildman–Crippen LogP) is 4.80. The van der Waals surface area contributed by atoms with E-state index < -0.39 is 5.82 Å². The summed E-state index contributed by atoms with van der Waals surface area (Å²) in [6, 6.07) is 1.81. The molecular weight excluding hydrogens is 419 g/mol. The van der Waals surface area contributed by atoms with Crippen LogP contribution in [0.15, 0.2) is 24.7 Å². The molecule has 164 valence electrons. The van der Waals surface area contributed by atoms with E-state index in [1.165, 1.54) is 0 Å². The Morgan fingerprint density at radius 1 is 1.35 bits per heavy atom. The number of carbonyl (C=O) groups is 1. The number of aromatic amines is 1. The van der Waals surface area contributed by atoms with Gasteiger partial charge in [0.05, 0.1) is 11.2 Å². The molecule has 31 heavy (non-hydrogen) atoms. The normalized spacial score (nSPS) is 16.6. The number of pyridine rings is 1. The third kappa shape index (κ3) is 4.79. The number of H-pyrrole nitrogens is 1. The second-order valence-electron chi connectivity index (χ2n) is 7.86. The standard InChI is InChI=1S/C22H26ClFN6O/c1-2-3-7-19(31)30-8-5-4-6-15(30)11-26-22-18(24)13-28-21(29-22)17-12-27-20-16(17)9-14(23)10-25-20/h9-10,12-13,15H,2-8,11H2,1H3,(H,25,27)(H,26,28,29)/t15-/m1/s1. The highest BCUT2D eigenvalue weighted by Crippen LogP contribution is 2.28. The highest BCUT2D eigenvalue weighted by Gasteiger charge is 2.26. The molecular formula is C22H26ClFN6O. The molecule has 0 bridgehead atoms. The lowest BCUT2D eigenvalue weighted by atomic mass is 10.0. The topological polar surface area (TPSA) is 86.8 Å². The van der Waals surface area contributed by atoms with Crippen molar-refractivity contribution in [3.05, 3.63) is 35.5 Å². The van der Waals surface area contributed by atoms with Gasteiger partial charge < -0.3 is 15.2 Å². The van der Waals surface area contributed by atoms with Crippen molar-refractivity contribution in [1.82, 2.24) is 24.8 Å². The lowest BCUT2D eigenvalue weighted by molar-refractivity contribution is -0.134. The van der Waals surface area contributed by atoms with Crippen LogP contribution in [0, 0.1) is 5.82 Å². The third-order valence-corrected chi connectivity index (χ3v) is 5.89. The summed E-state index contributed by atoms with van der Waals surface area (Å²) in [7, 11) is 0. The maximum Gasteiger partial charge on any atom is 0.222 e. The summed E-state index contributed by atoms with van der Waals surface area (Å²) in [5.41, 5.74) is 1.35. The Morgan fingerprint density at radius 3 is 3.06 bits per heavy atom. The number of aromatic nitrogens is 4. The van der Waals surface area contributed by atoms with E-state index in [0.717, 1.165) is 50.2 Å². The number of anilines is 1. The minimum Gasteiger partial charge on any atom is -0.365 e. The van der Waals surface area contributed by atoms with Crippen LogP contribution in [0.25, 0.3) is 22.4 Å². The zero-order valence-electron chi connectivity index (χ0n) is 17.5. The molecule has 1 aliphatic rings. The largest absolute Gasteiger partial charge is 0.365 e. The van der Waals surface area contributed by atoms with Gasteiger partial charge in [-0.1, -0.05) is 24.9 Å². The van der Waals surface area contributed by atoms with Crippen molar-refractivity contribution in [3.8, 4) is 11.4 Å². The van der Waals surface area contributed by atoms with Crippen molar-refractivity contribution >= 4 is 34.4 Å². The van der Waals surface area contributed by atoms with Crippen molar-refractivity contribution in [2.24, 2.45) is 0 Å². The zero-order chi connectivity index (χ0) is 21.8. The van der Waals surface area contributed by atoms with Crippen LogP contribution in [0.4, 0.5) is 10.2 Å². The number of piperidine rings is 1. The van der Waals surface area contributed by atoms with E-state index in [0.29, 0.717) is 35.0 Å². The van der Waals surface area contributed by atoms with E-state index in [2.05, 4.69) is 32.2 Å². The first kappa shape index (κ1) is 21.5. The van der Waals surface area contributed by atoms with Gasteiger partial charge in [-0.3, -0.25) is 4.79 Å². The number of fused-ring (bicyclic) bond motifs is 1. The van der Waals surface area contributed by atoms with Gasteiger partial charge in [0, 0.05) is 48.9 Å². The number of halogens is 2. The molecule has 2 N–H and O–H groups in total. The van der Waals surface area contributed by atoms with Gasteiger partial charge in [0.2, 0.25) is 5.91 Å². The fourth-order valence-electron chi connectivity index (χ4n) is 4.01. The van der Waals surface area contributed by atoms with Crippen LogP contribution >= 0.6 is 11.6 Å². The number of unbranched alkanes of at least 4 members (excludes halogenated alkanes) is 1. The molecule has 3 aromatic rings. The highest BCUT2D eigenvalue weighted by atomic mass is 35.5. The summed E-state index contributed by atoms with van der Waals surface area (Å²) in [5, 5.41) is 4.38. The van der Waals surface area contributed by atoms with Crippen molar-refractivity contribution in [1.29, 1.82) is 0 Å². The van der Waals surface area contributed by atoms with Crippen LogP contribution in [-0.4, -0.2) is 49.9 Å². The molecule has 1 fully saturated rings. The monoisotopic (exact) mass is 444 g/mol. The number of nitrogens with zero attached hydrogens (tertiary/aromatic N) is 4. The Labute approximate surface area is 185 Å².